The van der Waals surface area contributed by atoms with Crippen molar-refractivity contribution in [3.8, 4) is 28.7 Å². The average Bonchev–Trinajstić information content (AvgIpc) is 3.30. The Morgan fingerprint density at radius 1 is 1.11 bits per heavy atom. The first-order valence-corrected chi connectivity index (χ1v) is 11.4. The Kier molecular flexibility index (Phi) is 6.95. The number of aromatic hydroxyl groups is 4. The lowest BCUT2D eigenvalue weighted by atomic mass is 9.83. The van der Waals surface area contributed by atoms with Gasteiger partial charge in [-0.05, 0) is 37.6 Å². The Bertz CT molecular complexity index is 1400. The molecule has 1 aliphatic heterocycles. The first-order chi connectivity index (χ1) is 17.6. The van der Waals surface area contributed by atoms with Crippen LogP contribution in [0.3, 0.4) is 0 Å². The fourth-order valence-electron chi connectivity index (χ4n) is 4.63. The second-order valence-corrected chi connectivity index (χ2v) is 8.77. The van der Waals surface area contributed by atoms with Gasteiger partial charge in [0.15, 0.2) is 17.3 Å². The normalized spacial score (nSPS) is 15.2. The number of carbonyl (C=O) groups excluding carboxylic acids is 2. The third-order valence-corrected chi connectivity index (χ3v) is 6.58. The highest BCUT2D eigenvalue weighted by Gasteiger charge is 2.36. The third kappa shape index (κ3) is 4.51. The van der Waals surface area contributed by atoms with Gasteiger partial charge in [0.1, 0.15) is 23.4 Å². The highest BCUT2D eigenvalue weighted by Crippen LogP contribution is 2.51. The Morgan fingerprint density at radius 2 is 1.84 bits per heavy atom. The van der Waals surface area contributed by atoms with Crippen LogP contribution in [0.25, 0.3) is 0 Å². The topological polar surface area (TPSA) is 156 Å². The standard InChI is InChI=1S/C27H27NO9/c1-12-24(32)22-15(10-28-12)11-37-27(22)18-8-16(13(2)29)25(33)23(26(18)34)17(9-21(31)36-4)14-5-6-20(35-3)19(30)7-14/h5-8,10,17,27,30,32-34H,9,11H2,1-4H3/t17-,27+/m1/s1. The van der Waals surface area contributed by atoms with Gasteiger partial charge in [-0.3, -0.25) is 14.6 Å². The molecule has 0 radical (unpaired) electrons. The maximum Gasteiger partial charge on any atom is 0.306 e. The number of ketones is 1. The first kappa shape index (κ1) is 25.8. The summed E-state index contributed by atoms with van der Waals surface area (Å²) in [7, 11) is 2.58. The number of phenolic OH excluding ortho intramolecular Hbond substituents is 3. The summed E-state index contributed by atoms with van der Waals surface area (Å²) in [5.41, 5.74) is 1.58. The van der Waals surface area contributed by atoms with Gasteiger partial charge in [0.2, 0.25) is 0 Å². The molecule has 0 saturated carbocycles. The zero-order valence-corrected chi connectivity index (χ0v) is 20.7. The number of rotatable bonds is 7. The minimum atomic E-state index is -1.03. The number of pyridine rings is 1. The minimum absolute atomic E-state index is 0.101. The minimum Gasteiger partial charge on any atom is -0.507 e. The molecule has 194 valence electrons. The van der Waals surface area contributed by atoms with Crippen molar-refractivity contribution in [1.29, 1.82) is 0 Å². The third-order valence-electron chi connectivity index (χ3n) is 6.58. The molecule has 2 heterocycles. The van der Waals surface area contributed by atoms with E-state index in [0.717, 1.165) is 0 Å². The summed E-state index contributed by atoms with van der Waals surface area (Å²) in [6.45, 7) is 2.98. The van der Waals surface area contributed by atoms with E-state index >= 15 is 0 Å². The summed E-state index contributed by atoms with van der Waals surface area (Å²) in [5, 5.41) is 43.8. The molecule has 2 aromatic carbocycles. The summed E-state index contributed by atoms with van der Waals surface area (Å²) >= 11 is 0. The predicted octanol–water partition coefficient (Wildman–Crippen LogP) is 3.74. The van der Waals surface area contributed by atoms with Gasteiger partial charge in [0.05, 0.1) is 38.5 Å². The Labute approximate surface area is 212 Å². The molecular formula is C27H27NO9. The molecule has 0 bridgehead atoms. The molecule has 10 nitrogen and oxygen atoms in total. The number of nitrogens with zero attached hydrogens (tertiary/aromatic N) is 1. The Hall–Kier alpha value is -4.31. The van der Waals surface area contributed by atoms with Gasteiger partial charge in [-0.1, -0.05) is 6.07 Å². The number of carbonyl (C=O) groups is 2. The molecule has 37 heavy (non-hydrogen) atoms. The number of esters is 1. The van der Waals surface area contributed by atoms with Gasteiger partial charge in [-0.15, -0.1) is 0 Å². The monoisotopic (exact) mass is 509 g/mol. The molecule has 0 aliphatic carbocycles. The maximum atomic E-state index is 12.5. The van der Waals surface area contributed by atoms with Crippen LogP contribution in [-0.2, 0) is 20.9 Å². The lowest BCUT2D eigenvalue weighted by Gasteiger charge is -2.25. The zero-order chi connectivity index (χ0) is 27.0. The van der Waals surface area contributed by atoms with Crippen molar-refractivity contribution < 1.29 is 44.2 Å². The van der Waals surface area contributed by atoms with Gasteiger partial charge in [-0.25, -0.2) is 0 Å². The molecule has 2 atom stereocenters. The zero-order valence-electron chi connectivity index (χ0n) is 20.7. The fourth-order valence-corrected chi connectivity index (χ4v) is 4.63. The van der Waals surface area contributed by atoms with Gasteiger partial charge in [0, 0.05) is 34.4 Å². The molecule has 0 fully saturated rings. The second kappa shape index (κ2) is 9.98. The number of fused-ring (bicyclic) bond motifs is 1. The smallest absolute Gasteiger partial charge is 0.306 e. The van der Waals surface area contributed by atoms with E-state index in [1.807, 2.05) is 0 Å². The number of hydrogen-bond acceptors (Lipinski definition) is 10. The van der Waals surface area contributed by atoms with Gasteiger partial charge in [-0.2, -0.15) is 0 Å². The number of aromatic nitrogens is 1. The van der Waals surface area contributed by atoms with Crippen LogP contribution >= 0.6 is 0 Å². The molecule has 0 unspecified atom stereocenters. The largest absolute Gasteiger partial charge is 0.507 e. The van der Waals surface area contributed by atoms with Crippen LogP contribution in [0.1, 0.15) is 69.2 Å². The van der Waals surface area contributed by atoms with E-state index in [1.54, 1.807) is 19.2 Å². The van der Waals surface area contributed by atoms with Crippen molar-refractivity contribution in [2.24, 2.45) is 0 Å². The molecule has 10 heteroatoms. The lowest BCUT2D eigenvalue weighted by Crippen LogP contribution is -2.13. The molecule has 0 amide bonds. The van der Waals surface area contributed by atoms with E-state index in [0.29, 0.717) is 22.4 Å². The fraction of sp³-hybridized carbons (Fsp3) is 0.296. The highest BCUT2D eigenvalue weighted by molar-refractivity contribution is 5.98. The summed E-state index contributed by atoms with van der Waals surface area (Å²) in [6.07, 6.45) is 0.257. The van der Waals surface area contributed by atoms with Crippen LogP contribution in [0.15, 0.2) is 30.5 Å². The van der Waals surface area contributed by atoms with E-state index in [1.165, 1.54) is 39.3 Å². The van der Waals surface area contributed by atoms with Crippen molar-refractivity contribution >= 4 is 11.8 Å². The summed E-state index contributed by atoms with van der Waals surface area (Å²) in [4.78, 5) is 29.1. The van der Waals surface area contributed by atoms with Crippen LogP contribution in [0.2, 0.25) is 0 Å². The van der Waals surface area contributed by atoms with Gasteiger partial charge < -0.3 is 34.6 Å². The molecule has 1 aliphatic rings. The maximum absolute atomic E-state index is 12.5. The molecule has 1 aromatic heterocycles. The quantitative estimate of drug-likeness (QED) is 0.273. The van der Waals surface area contributed by atoms with Crippen molar-refractivity contribution in [3.63, 3.8) is 0 Å². The van der Waals surface area contributed by atoms with Crippen LogP contribution < -0.4 is 4.74 Å². The Balaban J connectivity index is 1.98. The van der Waals surface area contributed by atoms with E-state index < -0.39 is 35.3 Å². The number of hydrogen-bond donors (Lipinski definition) is 4. The first-order valence-electron chi connectivity index (χ1n) is 11.4. The average molecular weight is 510 g/mol. The second-order valence-electron chi connectivity index (χ2n) is 8.77. The van der Waals surface area contributed by atoms with E-state index in [-0.39, 0.29) is 47.0 Å². The van der Waals surface area contributed by atoms with Gasteiger partial charge in [0.25, 0.3) is 0 Å². The summed E-state index contributed by atoms with van der Waals surface area (Å²) in [5.74, 6) is -3.29. The van der Waals surface area contributed by atoms with Crippen LogP contribution in [0.5, 0.6) is 28.7 Å². The van der Waals surface area contributed by atoms with Gasteiger partial charge >= 0.3 is 5.97 Å². The lowest BCUT2D eigenvalue weighted by molar-refractivity contribution is -0.140. The number of benzene rings is 2. The van der Waals surface area contributed by atoms with E-state index in [2.05, 4.69) is 4.98 Å². The molecule has 3 aromatic rings. The molecule has 0 spiro atoms. The van der Waals surface area contributed by atoms with Crippen molar-refractivity contribution in [1.82, 2.24) is 4.98 Å². The Morgan fingerprint density at radius 3 is 2.46 bits per heavy atom. The van der Waals surface area contributed by atoms with Crippen LogP contribution in [0, 0.1) is 6.92 Å². The van der Waals surface area contributed by atoms with Crippen molar-refractivity contribution in [2.45, 2.75) is 38.9 Å². The van der Waals surface area contributed by atoms with Crippen LogP contribution in [0.4, 0.5) is 0 Å². The summed E-state index contributed by atoms with van der Waals surface area (Å²) in [6, 6.07) is 5.69. The van der Waals surface area contributed by atoms with E-state index in [9.17, 15) is 30.0 Å². The number of aryl methyl sites for hydroxylation is 1. The molecular weight excluding hydrogens is 482 g/mol. The predicted molar refractivity (Wildman–Crippen MR) is 130 cm³/mol. The summed E-state index contributed by atoms with van der Waals surface area (Å²) < 4.78 is 15.8. The number of Topliss-reactive ketones (excluding diaryl/α,β-unsaturated/α-hetero) is 1. The van der Waals surface area contributed by atoms with Crippen LogP contribution in [-0.4, -0.2) is 51.4 Å². The number of ether oxygens (including phenoxy) is 3. The SMILES string of the molecule is COC(=O)C[C@H](c1ccc(OC)c(O)c1)c1c(O)c(C(C)=O)cc([C@@H]2OCc3cnc(C)c(O)c32)c1O. The van der Waals surface area contributed by atoms with Crippen molar-refractivity contribution in [3.05, 3.63) is 69.5 Å². The molecule has 4 N–H and O–H groups in total. The molecule has 0 saturated heterocycles. The van der Waals surface area contributed by atoms with Crippen molar-refractivity contribution in [2.75, 3.05) is 14.2 Å². The number of phenols is 3. The number of methoxy groups -OCH3 is 2. The van der Waals surface area contributed by atoms with E-state index in [4.69, 9.17) is 14.2 Å². The highest BCUT2D eigenvalue weighted by atomic mass is 16.5. The molecule has 4 rings (SSSR count).